The van der Waals surface area contributed by atoms with E-state index in [1.807, 2.05) is 21.9 Å². The number of sulfonamides is 1. The monoisotopic (exact) mass is 444 g/mol. The van der Waals surface area contributed by atoms with Crippen LogP contribution >= 0.6 is 12.2 Å². The van der Waals surface area contributed by atoms with Crippen LogP contribution in [0.25, 0.3) is 0 Å². The van der Waals surface area contributed by atoms with Crippen LogP contribution in [0.2, 0.25) is 0 Å². The molecule has 0 aromatic heterocycles. The highest BCUT2D eigenvalue weighted by Crippen LogP contribution is 2.32. The second-order valence-corrected chi connectivity index (χ2v) is 9.55. The van der Waals surface area contributed by atoms with Gasteiger partial charge in [0.1, 0.15) is 0 Å². The molecule has 2 aliphatic rings. The van der Waals surface area contributed by atoms with Gasteiger partial charge in [0.2, 0.25) is 15.9 Å². The largest absolute Gasteiger partial charge is 0.362 e. The van der Waals surface area contributed by atoms with Crippen LogP contribution in [0.4, 0.5) is 0 Å². The molecule has 0 saturated carbocycles. The minimum absolute atomic E-state index is 0.0294. The lowest BCUT2D eigenvalue weighted by Gasteiger charge is -2.45. The van der Waals surface area contributed by atoms with Gasteiger partial charge in [0, 0.05) is 19.6 Å². The summed E-state index contributed by atoms with van der Waals surface area (Å²) in [6.07, 6.45) is 1.57. The molecule has 158 valence electrons. The fourth-order valence-electron chi connectivity index (χ4n) is 4.10. The van der Waals surface area contributed by atoms with Crippen LogP contribution in [0, 0.1) is 0 Å². The smallest absolute Gasteiger partial charge is 0.242 e. The van der Waals surface area contributed by atoms with Crippen molar-refractivity contribution in [2.75, 3.05) is 26.2 Å². The Labute approximate surface area is 181 Å². The number of hydrogen-bond donors (Lipinski definition) is 2. The molecule has 0 radical (unpaired) electrons. The number of carbonyl (C=O) groups excluding carboxylic acids is 1. The molecule has 30 heavy (non-hydrogen) atoms. The standard InChI is InChI=1S/C21H24N4O3S2/c22-30(27,28)17-7-5-15(6-8-17)9-11-23-21(29)24-13-19-18-4-2-1-3-16(18)10-12-25(19)20(26)14-24/h1-8,19H,9-14H2,(H,23,29)(H2,22,27,28)/t19-/m0/s1. The Balaban J connectivity index is 1.36. The summed E-state index contributed by atoms with van der Waals surface area (Å²) in [5, 5.41) is 8.91. The van der Waals surface area contributed by atoms with Gasteiger partial charge in [-0.1, -0.05) is 36.4 Å². The van der Waals surface area contributed by atoms with Crippen LogP contribution in [0.3, 0.4) is 0 Å². The Kier molecular flexibility index (Phi) is 5.77. The van der Waals surface area contributed by atoms with E-state index in [4.69, 9.17) is 17.4 Å². The van der Waals surface area contributed by atoms with Gasteiger partial charge in [-0.3, -0.25) is 4.79 Å². The van der Waals surface area contributed by atoms with Gasteiger partial charge in [0.05, 0.1) is 17.5 Å². The van der Waals surface area contributed by atoms with E-state index in [2.05, 4.69) is 17.4 Å². The number of fused-ring (bicyclic) bond motifs is 3. The molecule has 2 heterocycles. The number of amides is 1. The van der Waals surface area contributed by atoms with Crippen molar-refractivity contribution in [2.24, 2.45) is 5.14 Å². The van der Waals surface area contributed by atoms with Crippen LogP contribution in [-0.4, -0.2) is 55.4 Å². The third-order valence-corrected chi connectivity index (χ3v) is 7.01. The number of benzene rings is 2. The van der Waals surface area contributed by atoms with Crippen molar-refractivity contribution in [1.82, 2.24) is 15.1 Å². The van der Waals surface area contributed by atoms with Crippen LogP contribution in [0.5, 0.6) is 0 Å². The van der Waals surface area contributed by atoms with E-state index >= 15 is 0 Å². The van der Waals surface area contributed by atoms with Crippen molar-refractivity contribution in [3.05, 3.63) is 65.2 Å². The molecule has 1 amide bonds. The van der Waals surface area contributed by atoms with E-state index in [0.29, 0.717) is 24.6 Å². The van der Waals surface area contributed by atoms with Crippen LogP contribution in [0.15, 0.2) is 53.4 Å². The highest BCUT2D eigenvalue weighted by atomic mass is 32.2. The first-order valence-electron chi connectivity index (χ1n) is 9.85. The number of nitrogens with two attached hydrogens (primary N) is 1. The minimum Gasteiger partial charge on any atom is -0.362 e. The van der Waals surface area contributed by atoms with Crippen molar-refractivity contribution in [2.45, 2.75) is 23.8 Å². The van der Waals surface area contributed by atoms with Gasteiger partial charge in [0.25, 0.3) is 0 Å². The van der Waals surface area contributed by atoms with E-state index in [-0.39, 0.29) is 23.4 Å². The fourth-order valence-corrected chi connectivity index (χ4v) is 4.86. The van der Waals surface area contributed by atoms with E-state index in [1.165, 1.54) is 23.3 Å². The lowest BCUT2D eigenvalue weighted by atomic mass is 9.91. The number of nitrogens with one attached hydrogen (secondary N) is 1. The Bertz CT molecular complexity index is 1070. The number of piperazine rings is 1. The number of rotatable bonds is 4. The molecule has 2 aromatic rings. The molecule has 1 fully saturated rings. The summed E-state index contributed by atoms with van der Waals surface area (Å²) in [6, 6.07) is 14.8. The minimum atomic E-state index is -3.68. The summed E-state index contributed by atoms with van der Waals surface area (Å²) in [4.78, 5) is 16.7. The third kappa shape index (κ3) is 4.33. The van der Waals surface area contributed by atoms with E-state index < -0.39 is 10.0 Å². The Hall–Kier alpha value is -2.49. The molecule has 0 spiro atoms. The molecule has 2 aliphatic heterocycles. The summed E-state index contributed by atoms with van der Waals surface area (Å²) in [6.45, 7) is 2.30. The Morgan fingerprint density at radius 1 is 1.17 bits per heavy atom. The van der Waals surface area contributed by atoms with Crippen molar-refractivity contribution in [1.29, 1.82) is 0 Å². The van der Waals surface area contributed by atoms with E-state index in [9.17, 15) is 13.2 Å². The summed E-state index contributed by atoms with van der Waals surface area (Å²) in [5.74, 6) is 0.100. The third-order valence-electron chi connectivity index (χ3n) is 5.68. The first-order valence-corrected chi connectivity index (χ1v) is 11.8. The molecule has 1 saturated heterocycles. The zero-order valence-corrected chi connectivity index (χ0v) is 18.1. The first kappa shape index (κ1) is 20.8. The SMILES string of the molecule is NS(=O)(=O)c1ccc(CCNC(=S)N2CC(=O)N3CCc4ccccc4[C@@H]3C2)cc1. The quantitative estimate of drug-likeness (QED) is 0.688. The van der Waals surface area contributed by atoms with Gasteiger partial charge in [0.15, 0.2) is 5.11 Å². The fraction of sp³-hybridized carbons (Fsp3) is 0.333. The first-order chi connectivity index (χ1) is 14.3. The van der Waals surface area contributed by atoms with Gasteiger partial charge in [-0.05, 0) is 53.9 Å². The van der Waals surface area contributed by atoms with Gasteiger partial charge in [-0.25, -0.2) is 13.6 Å². The maximum Gasteiger partial charge on any atom is 0.242 e. The second kappa shape index (κ2) is 8.33. The molecule has 2 aromatic carbocycles. The molecular formula is C21H24N4O3S2. The number of hydrogen-bond acceptors (Lipinski definition) is 4. The van der Waals surface area contributed by atoms with Gasteiger partial charge < -0.3 is 15.1 Å². The number of thiocarbonyl (C=S) groups is 1. The van der Waals surface area contributed by atoms with Crippen molar-refractivity contribution in [3.8, 4) is 0 Å². The van der Waals surface area contributed by atoms with Gasteiger partial charge in [-0.15, -0.1) is 0 Å². The van der Waals surface area contributed by atoms with E-state index in [1.54, 1.807) is 12.1 Å². The van der Waals surface area contributed by atoms with Crippen molar-refractivity contribution < 1.29 is 13.2 Å². The lowest BCUT2D eigenvalue weighted by Crippen LogP contribution is -2.57. The number of primary sulfonamides is 1. The molecule has 0 unspecified atom stereocenters. The molecule has 7 nitrogen and oxygen atoms in total. The lowest BCUT2D eigenvalue weighted by molar-refractivity contribution is -0.138. The normalized spacial score (nSPS) is 18.6. The molecule has 4 rings (SSSR count). The highest BCUT2D eigenvalue weighted by molar-refractivity contribution is 7.89. The van der Waals surface area contributed by atoms with Crippen LogP contribution in [-0.2, 0) is 27.7 Å². The Morgan fingerprint density at radius 2 is 1.90 bits per heavy atom. The summed E-state index contributed by atoms with van der Waals surface area (Å²) in [7, 11) is -3.68. The van der Waals surface area contributed by atoms with E-state index in [0.717, 1.165) is 18.5 Å². The molecule has 9 heteroatoms. The molecule has 3 N–H and O–H groups in total. The zero-order chi connectivity index (χ0) is 21.3. The molecular weight excluding hydrogens is 420 g/mol. The van der Waals surface area contributed by atoms with Crippen LogP contribution in [0.1, 0.15) is 22.7 Å². The number of nitrogens with zero attached hydrogens (tertiary/aromatic N) is 2. The van der Waals surface area contributed by atoms with Crippen molar-refractivity contribution in [3.63, 3.8) is 0 Å². The topological polar surface area (TPSA) is 95.7 Å². The summed E-state index contributed by atoms with van der Waals surface area (Å²) >= 11 is 5.55. The van der Waals surface area contributed by atoms with Gasteiger partial charge >= 0.3 is 0 Å². The molecule has 0 bridgehead atoms. The average molecular weight is 445 g/mol. The molecule has 1 atom stereocenters. The predicted octanol–water partition coefficient (Wildman–Crippen LogP) is 1.19. The van der Waals surface area contributed by atoms with Crippen molar-refractivity contribution >= 4 is 33.3 Å². The van der Waals surface area contributed by atoms with Crippen LogP contribution < -0.4 is 10.5 Å². The zero-order valence-electron chi connectivity index (χ0n) is 16.5. The van der Waals surface area contributed by atoms with Gasteiger partial charge in [-0.2, -0.15) is 0 Å². The maximum absolute atomic E-state index is 12.7. The average Bonchev–Trinajstić information content (AvgIpc) is 2.73. The molecule has 0 aliphatic carbocycles. The predicted molar refractivity (Wildman–Crippen MR) is 118 cm³/mol. The number of carbonyl (C=O) groups is 1. The summed E-state index contributed by atoms with van der Waals surface area (Å²) < 4.78 is 22.7. The summed E-state index contributed by atoms with van der Waals surface area (Å²) in [5.41, 5.74) is 3.48. The Morgan fingerprint density at radius 3 is 2.63 bits per heavy atom. The highest BCUT2D eigenvalue weighted by Gasteiger charge is 2.37. The second-order valence-electron chi connectivity index (χ2n) is 7.60. The maximum atomic E-state index is 12.7.